The number of aromatic nitrogens is 2. The topological polar surface area (TPSA) is 96.3 Å². The number of carbonyl (C=O) groups excluding carboxylic acids is 3. The number of hydrazine groups is 1. The smallest absolute Gasteiger partial charge is 0.260 e. The van der Waals surface area contributed by atoms with E-state index < -0.39 is 17.7 Å². The Balaban J connectivity index is 1.49. The Hall–Kier alpha value is -2.87. The van der Waals surface area contributed by atoms with Gasteiger partial charge in [0.1, 0.15) is 6.54 Å². The molecule has 2 heterocycles. The number of nitrogens with zero attached hydrogens (tertiary/aromatic N) is 3. The Labute approximate surface area is 167 Å². The van der Waals surface area contributed by atoms with Crippen molar-refractivity contribution in [3.05, 3.63) is 52.3 Å². The average molecular weight is 404 g/mol. The van der Waals surface area contributed by atoms with Gasteiger partial charge in [0.2, 0.25) is 11.8 Å². The van der Waals surface area contributed by atoms with Gasteiger partial charge < -0.3 is 4.90 Å². The Morgan fingerprint density at radius 2 is 2.00 bits per heavy atom. The summed E-state index contributed by atoms with van der Waals surface area (Å²) in [6.45, 7) is 4.33. The molecule has 0 aliphatic carbocycles. The average Bonchev–Trinajstić information content (AvgIpc) is 3.16. The van der Waals surface area contributed by atoms with Gasteiger partial charge in [0, 0.05) is 30.2 Å². The second-order valence-corrected chi connectivity index (χ2v) is 7.30. The van der Waals surface area contributed by atoms with Crippen molar-refractivity contribution >= 4 is 29.3 Å². The highest BCUT2D eigenvalue weighted by atomic mass is 35.5. The molecule has 8 nitrogen and oxygen atoms in total. The Kier molecular flexibility index (Phi) is 5.99. The standard InChI is InChI=1S/C19H22ClN5O3/c1-12-7-13(2)25(23-12)11-17(26)21-22-19(28)15-8-18(27)24(10-15)9-14-5-3-4-6-16(14)20/h3-7,15H,8-11H2,1-2H3,(H,21,26)(H,22,28)/t15-/m0/s1. The summed E-state index contributed by atoms with van der Waals surface area (Å²) in [5, 5.41) is 4.79. The zero-order valence-electron chi connectivity index (χ0n) is 15.7. The molecule has 28 heavy (non-hydrogen) atoms. The number of amides is 3. The number of likely N-dealkylation sites (tertiary alicyclic amines) is 1. The maximum Gasteiger partial charge on any atom is 0.260 e. The summed E-state index contributed by atoms with van der Waals surface area (Å²) in [5.41, 5.74) is 7.29. The molecule has 2 aromatic rings. The molecule has 0 bridgehead atoms. The molecule has 1 aliphatic heterocycles. The van der Waals surface area contributed by atoms with Crippen LogP contribution in [0.25, 0.3) is 0 Å². The molecule has 3 amide bonds. The molecule has 1 fully saturated rings. The van der Waals surface area contributed by atoms with Crippen LogP contribution in [0.5, 0.6) is 0 Å². The van der Waals surface area contributed by atoms with E-state index in [1.54, 1.807) is 15.6 Å². The Morgan fingerprint density at radius 3 is 2.68 bits per heavy atom. The van der Waals surface area contributed by atoms with Crippen LogP contribution in [0.3, 0.4) is 0 Å². The number of nitrogens with one attached hydrogen (secondary N) is 2. The maximum atomic E-state index is 12.3. The van der Waals surface area contributed by atoms with Gasteiger partial charge >= 0.3 is 0 Å². The van der Waals surface area contributed by atoms with Crippen LogP contribution in [0, 0.1) is 19.8 Å². The first-order valence-electron chi connectivity index (χ1n) is 8.94. The van der Waals surface area contributed by atoms with E-state index in [1.165, 1.54) is 0 Å². The third-order valence-electron chi connectivity index (χ3n) is 4.63. The minimum absolute atomic E-state index is 0.00216. The second-order valence-electron chi connectivity index (χ2n) is 6.89. The van der Waals surface area contributed by atoms with Crippen LogP contribution in [0.2, 0.25) is 5.02 Å². The van der Waals surface area contributed by atoms with Crippen molar-refractivity contribution in [2.24, 2.45) is 5.92 Å². The van der Waals surface area contributed by atoms with Crippen LogP contribution in [0.1, 0.15) is 23.4 Å². The van der Waals surface area contributed by atoms with Crippen molar-refractivity contribution in [2.45, 2.75) is 33.4 Å². The van der Waals surface area contributed by atoms with Gasteiger partial charge in [0.05, 0.1) is 11.6 Å². The fraction of sp³-hybridized carbons (Fsp3) is 0.368. The zero-order valence-corrected chi connectivity index (χ0v) is 16.5. The lowest BCUT2D eigenvalue weighted by atomic mass is 10.1. The van der Waals surface area contributed by atoms with E-state index in [1.807, 2.05) is 38.1 Å². The summed E-state index contributed by atoms with van der Waals surface area (Å²) in [7, 11) is 0. The minimum atomic E-state index is -0.524. The van der Waals surface area contributed by atoms with Crippen molar-refractivity contribution < 1.29 is 14.4 Å². The Bertz CT molecular complexity index is 911. The predicted molar refractivity (Wildman–Crippen MR) is 103 cm³/mol. The van der Waals surface area contributed by atoms with E-state index in [9.17, 15) is 14.4 Å². The quantitative estimate of drug-likeness (QED) is 0.736. The van der Waals surface area contributed by atoms with Crippen molar-refractivity contribution in [3.63, 3.8) is 0 Å². The summed E-state index contributed by atoms with van der Waals surface area (Å²) in [6, 6.07) is 9.15. The van der Waals surface area contributed by atoms with E-state index in [2.05, 4.69) is 16.0 Å². The lowest BCUT2D eigenvalue weighted by molar-refractivity contribution is -0.131. The number of benzene rings is 1. The fourth-order valence-electron chi connectivity index (χ4n) is 3.18. The predicted octanol–water partition coefficient (Wildman–Crippen LogP) is 1.35. The van der Waals surface area contributed by atoms with Crippen LogP contribution in [-0.2, 0) is 27.5 Å². The van der Waals surface area contributed by atoms with Crippen molar-refractivity contribution in [3.8, 4) is 0 Å². The number of hydrogen-bond donors (Lipinski definition) is 2. The van der Waals surface area contributed by atoms with Gasteiger partial charge in [-0.05, 0) is 31.5 Å². The first kappa shape index (κ1) is 19.9. The highest BCUT2D eigenvalue weighted by molar-refractivity contribution is 6.31. The van der Waals surface area contributed by atoms with Gasteiger partial charge in [-0.1, -0.05) is 29.8 Å². The first-order chi connectivity index (χ1) is 13.3. The summed E-state index contributed by atoms with van der Waals surface area (Å²) < 4.78 is 1.56. The molecule has 1 saturated heterocycles. The van der Waals surface area contributed by atoms with Crippen LogP contribution >= 0.6 is 11.6 Å². The van der Waals surface area contributed by atoms with Gasteiger partial charge in [0.25, 0.3) is 5.91 Å². The van der Waals surface area contributed by atoms with Gasteiger partial charge in [-0.3, -0.25) is 29.9 Å². The van der Waals surface area contributed by atoms with Gasteiger partial charge in [-0.25, -0.2) is 0 Å². The molecule has 1 atom stereocenters. The highest BCUT2D eigenvalue weighted by Gasteiger charge is 2.34. The number of halogens is 1. The molecule has 3 rings (SSSR count). The molecule has 0 spiro atoms. The Morgan fingerprint density at radius 1 is 1.25 bits per heavy atom. The van der Waals surface area contributed by atoms with E-state index >= 15 is 0 Å². The van der Waals surface area contributed by atoms with Crippen molar-refractivity contribution in [1.29, 1.82) is 0 Å². The molecule has 0 radical (unpaired) electrons. The second kappa shape index (κ2) is 8.43. The number of hydrogen-bond acceptors (Lipinski definition) is 4. The lowest BCUT2D eigenvalue weighted by Crippen LogP contribution is -2.46. The van der Waals surface area contributed by atoms with E-state index in [4.69, 9.17) is 11.6 Å². The van der Waals surface area contributed by atoms with Gasteiger partial charge in [-0.15, -0.1) is 0 Å². The molecule has 2 N–H and O–H groups in total. The molecule has 9 heteroatoms. The molecule has 148 valence electrons. The SMILES string of the molecule is Cc1cc(C)n(CC(=O)NNC(=O)[C@H]2CC(=O)N(Cc3ccccc3Cl)C2)n1. The molecular formula is C19H22ClN5O3. The van der Waals surface area contributed by atoms with Crippen molar-refractivity contribution in [2.75, 3.05) is 6.54 Å². The number of carbonyl (C=O) groups is 3. The summed E-state index contributed by atoms with van der Waals surface area (Å²) in [4.78, 5) is 38.2. The molecule has 1 aromatic carbocycles. The third kappa shape index (κ3) is 4.69. The first-order valence-corrected chi connectivity index (χ1v) is 9.32. The zero-order chi connectivity index (χ0) is 20.3. The maximum absolute atomic E-state index is 12.3. The number of aryl methyl sites for hydroxylation is 2. The van der Waals surface area contributed by atoms with E-state index in [-0.39, 0.29) is 25.4 Å². The lowest BCUT2D eigenvalue weighted by Gasteiger charge is -2.17. The monoisotopic (exact) mass is 403 g/mol. The van der Waals surface area contributed by atoms with Gasteiger partial charge in [-0.2, -0.15) is 5.10 Å². The van der Waals surface area contributed by atoms with E-state index in [0.29, 0.717) is 11.6 Å². The molecule has 1 aromatic heterocycles. The molecule has 0 unspecified atom stereocenters. The normalized spacial score (nSPS) is 16.3. The minimum Gasteiger partial charge on any atom is -0.337 e. The van der Waals surface area contributed by atoms with Gasteiger partial charge in [0.15, 0.2) is 0 Å². The highest BCUT2D eigenvalue weighted by Crippen LogP contribution is 2.23. The summed E-state index contributed by atoms with van der Waals surface area (Å²) in [5.74, 6) is -1.42. The van der Waals surface area contributed by atoms with Crippen molar-refractivity contribution in [1.82, 2.24) is 25.5 Å². The van der Waals surface area contributed by atoms with E-state index in [0.717, 1.165) is 17.0 Å². The third-order valence-corrected chi connectivity index (χ3v) is 4.99. The number of rotatable bonds is 5. The molecule has 0 saturated carbocycles. The summed E-state index contributed by atoms with van der Waals surface area (Å²) >= 11 is 6.14. The molecule has 1 aliphatic rings. The largest absolute Gasteiger partial charge is 0.337 e. The molecular weight excluding hydrogens is 382 g/mol. The van der Waals surface area contributed by atoms with Crippen LogP contribution < -0.4 is 10.9 Å². The van der Waals surface area contributed by atoms with Crippen LogP contribution in [0.15, 0.2) is 30.3 Å². The summed E-state index contributed by atoms with van der Waals surface area (Å²) in [6.07, 6.45) is 0.101. The fourth-order valence-corrected chi connectivity index (χ4v) is 3.37. The van der Waals surface area contributed by atoms with Crippen LogP contribution in [0.4, 0.5) is 0 Å². The van der Waals surface area contributed by atoms with Crippen LogP contribution in [-0.4, -0.2) is 38.9 Å².